The maximum Gasteiger partial charge on any atom is 0.138 e. The minimum atomic E-state index is -0.748. The maximum atomic E-state index is 10.1. The Kier molecular flexibility index (Phi) is 9.19. The highest BCUT2D eigenvalue weighted by atomic mass is 35.5. The van der Waals surface area contributed by atoms with Crippen LogP contribution in [0.25, 0.3) is 0 Å². The van der Waals surface area contributed by atoms with E-state index < -0.39 is 12.2 Å². The SMILES string of the molecule is OC(CCl)COc1ccc(Sc2ccc(OCC(O)Cn3ccnc3)c(Cl)c2)cc1Cl. The summed E-state index contributed by atoms with van der Waals surface area (Å²) < 4.78 is 12.9. The molecule has 10 heteroatoms. The Balaban J connectivity index is 1.55. The van der Waals surface area contributed by atoms with Crippen molar-refractivity contribution in [3.05, 3.63) is 65.2 Å². The number of aromatic nitrogens is 2. The van der Waals surface area contributed by atoms with E-state index in [1.165, 1.54) is 11.8 Å². The summed E-state index contributed by atoms with van der Waals surface area (Å²) in [6.07, 6.45) is 3.63. The molecule has 2 N–H and O–H groups in total. The van der Waals surface area contributed by atoms with Gasteiger partial charge in [-0.05, 0) is 36.4 Å². The first kappa shape index (κ1) is 24.0. The largest absolute Gasteiger partial charge is 0.489 e. The summed E-state index contributed by atoms with van der Waals surface area (Å²) >= 11 is 19.7. The number of aliphatic hydroxyl groups excluding tert-OH is 2. The molecule has 2 unspecified atom stereocenters. The van der Waals surface area contributed by atoms with Crippen molar-refractivity contribution in [2.24, 2.45) is 0 Å². The van der Waals surface area contributed by atoms with E-state index in [9.17, 15) is 10.2 Å². The molecule has 2 aromatic carbocycles. The van der Waals surface area contributed by atoms with Crippen LogP contribution in [0.5, 0.6) is 11.5 Å². The first-order valence-electron chi connectivity index (χ1n) is 9.35. The van der Waals surface area contributed by atoms with E-state index in [2.05, 4.69) is 4.98 Å². The average molecular weight is 504 g/mol. The van der Waals surface area contributed by atoms with Crippen LogP contribution in [0.1, 0.15) is 0 Å². The van der Waals surface area contributed by atoms with Crippen LogP contribution in [0.4, 0.5) is 0 Å². The average Bonchev–Trinajstić information content (AvgIpc) is 3.25. The topological polar surface area (TPSA) is 76.7 Å². The van der Waals surface area contributed by atoms with Crippen LogP contribution in [0.3, 0.4) is 0 Å². The third-order valence-corrected chi connectivity index (χ3v) is 5.99. The predicted octanol–water partition coefficient (Wildman–Crippen LogP) is 4.76. The normalized spacial score (nSPS) is 13.1. The Morgan fingerprint density at radius 2 is 1.52 bits per heavy atom. The van der Waals surface area contributed by atoms with Crippen molar-refractivity contribution in [2.45, 2.75) is 28.5 Å². The van der Waals surface area contributed by atoms with E-state index in [0.29, 0.717) is 28.1 Å². The Hall–Kier alpha value is -1.61. The fraction of sp³-hybridized carbons (Fsp3) is 0.286. The van der Waals surface area contributed by atoms with Gasteiger partial charge in [0.25, 0.3) is 0 Å². The van der Waals surface area contributed by atoms with E-state index >= 15 is 0 Å². The molecule has 2 atom stereocenters. The van der Waals surface area contributed by atoms with Gasteiger partial charge in [0, 0.05) is 22.2 Å². The third-order valence-electron chi connectivity index (χ3n) is 4.06. The highest BCUT2D eigenvalue weighted by Gasteiger charge is 2.11. The van der Waals surface area contributed by atoms with Crippen molar-refractivity contribution in [3.8, 4) is 11.5 Å². The zero-order chi connectivity index (χ0) is 22.2. The lowest BCUT2D eigenvalue weighted by atomic mass is 10.3. The zero-order valence-corrected chi connectivity index (χ0v) is 19.4. The molecule has 1 aromatic heterocycles. The lowest BCUT2D eigenvalue weighted by Gasteiger charge is -2.14. The Morgan fingerprint density at radius 1 is 0.935 bits per heavy atom. The second kappa shape index (κ2) is 11.9. The molecule has 0 amide bonds. The predicted molar refractivity (Wildman–Crippen MR) is 123 cm³/mol. The molecule has 3 aromatic rings. The molecule has 0 radical (unpaired) electrons. The molecular weight excluding hydrogens is 483 g/mol. The van der Waals surface area contributed by atoms with Crippen LogP contribution in [0.2, 0.25) is 10.0 Å². The van der Waals surface area contributed by atoms with Gasteiger partial charge < -0.3 is 24.3 Å². The summed E-state index contributed by atoms with van der Waals surface area (Å²) in [5.74, 6) is 1.07. The van der Waals surface area contributed by atoms with Crippen molar-refractivity contribution in [2.75, 3.05) is 19.1 Å². The standard InChI is InChI=1S/C21H21Cl3N2O4S/c22-9-14(27)11-29-20-3-1-16(7-18(20)23)31-17-2-4-21(19(24)8-17)30-12-15(28)10-26-6-5-25-13-26/h1-8,13-15,27-28H,9-12H2. The smallest absolute Gasteiger partial charge is 0.138 e. The Labute approximate surface area is 199 Å². The lowest BCUT2D eigenvalue weighted by Crippen LogP contribution is -2.23. The number of aliphatic hydroxyl groups is 2. The molecule has 166 valence electrons. The van der Waals surface area contributed by atoms with Gasteiger partial charge in [0.2, 0.25) is 0 Å². The van der Waals surface area contributed by atoms with Gasteiger partial charge >= 0.3 is 0 Å². The molecule has 0 saturated heterocycles. The third kappa shape index (κ3) is 7.49. The van der Waals surface area contributed by atoms with Crippen molar-refractivity contribution in [1.82, 2.24) is 9.55 Å². The van der Waals surface area contributed by atoms with Gasteiger partial charge in [-0.3, -0.25) is 0 Å². The summed E-state index contributed by atoms with van der Waals surface area (Å²) in [5.41, 5.74) is 0. The molecule has 31 heavy (non-hydrogen) atoms. The van der Waals surface area contributed by atoms with Crippen molar-refractivity contribution in [3.63, 3.8) is 0 Å². The van der Waals surface area contributed by atoms with Crippen LogP contribution < -0.4 is 9.47 Å². The van der Waals surface area contributed by atoms with E-state index in [0.717, 1.165) is 9.79 Å². The zero-order valence-electron chi connectivity index (χ0n) is 16.3. The molecule has 0 aliphatic carbocycles. The molecular formula is C21H21Cl3N2O4S. The van der Waals surface area contributed by atoms with Gasteiger partial charge in [-0.15, -0.1) is 11.6 Å². The first-order valence-corrected chi connectivity index (χ1v) is 11.5. The monoisotopic (exact) mass is 502 g/mol. The fourth-order valence-electron chi connectivity index (χ4n) is 2.57. The highest BCUT2D eigenvalue weighted by Crippen LogP contribution is 2.36. The molecule has 3 rings (SSSR count). The summed E-state index contributed by atoms with van der Waals surface area (Å²) in [6.45, 7) is 0.570. The van der Waals surface area contributed by atoms with Gasteiger partial charge in [-0.25, -0.2) is 4.98 Å². The second-order valence-corrected chi connectivity index (χ2v) is 8.90. The summed E-state index contributed by atoms with van der Waals surface area (Å²) in [4.78, 5) is 5.74. The lowest BCUT2D eigenvalue weighted by molar-refractivity contribution is 0.0925. The molecule has 0 spiro atoms. The molecule has 0 saturated carbocycles. The first-order chi connectivity index (χ1) is 14.9. The Morgan fingerprint density at radius 3 is 2.00 bits per heavy atom. The van der Waals surface area contributed by atoms with Gasteiger partial charge in [-0.1, -0.05) is 35.0 Å². The van der Waals surface area contributed by atoms with Crippen LogP contribution in [-0.4, -0.2) is 51.1 Å². The van der Waals surface area contributed by atoms with E-state index in [-0.39, 0.29) is 19.1 Å². The molecule has 0 aliphatic rings. The van der Waals surface area contributed by atoms with E-state index in [1.807, 2.05) is 12.1 Å². The maximum absolute atomic E-state index is 10.1. The van der Waals surface area contributed by atoms with Crippen LogP contribution >= 0.6 is 46.6 Å². The number of hydrogen-bond acceptors (Lipinski definition) is 6. The van der Waals surface area contributed by atoms with E-state index in [1.54, 1.807) is 47.6 Å². The highest BCUT2D eigenvalue weighted by molar-refractivity contribution is 7.99. The van der Waals surface area contributed by atoms with Gasteiger partial charge in [0.15, 0.2) is 0 Å². The van der Waals surface area contributed by atoms with Crippen LogP contribution in [0, 0.1) is 0 Å². The number of rotatable bonds is 11. The number of nitrogens with zero attached hydrogens (tertiary/aromatic N) is 2. The van der Waals surface area contributed by atoms with Crippen molar-refractivity contribution >= 4 is 46.6 Å². The van der Waals surface area contributed by atoms with E-state index in [4.69, 9.17) is 44.3 Å². The number of ether oxygens (including phenoxy) is 2. The summed E-state index contributed by atoms with van der Waals surface area (Å²) in [6, 6.07) is 10.8. The number of hydrogen-bond donors (Lipinski definition) is 2. The van der Waals surface area contributed by atoms with Gasteiger partial charge in [-0.2, -0.15) is 0 Å². The minimum Gasteiger partial charge on any atom is -0.489 e. The molecule has 6 nitrogen and oxygen atoms in total. The number of halogens is 3. The molecule has 1 heterocycles. The molecule has 0 bridgehead atoms. The summed E-state index contributed by atoms with van der Waals surface area (Å²) in [5, 5.41) is 20.5. The number of alkyl halides is 1. The van der Waals surface area contributed by atoms with Gasteiger partial charge in [0.1, 0.15) is 36.9 Å². The quantitative estimate of drug-likeness (QED) is 0.367. The Bertz CT molecular complexity index is 975. The molecule has 0 aliphatic heterocycles. The molecule has 0 fully saturated rings. The number of imidazole rings is 1. The fourth-order valence-corrected chi connectivity index (χ4v) is 4.15. The van der Waals surface area contributed by atoms with Crippen molar-refractivity contribution in [1.29, 1.82) is 0 Å². The van der Waals surface area contributed by atoms with Crippen molar-refractivity contribution < 1.29 is 19.7 Å². The van der Waals surface area contributed by atoms with Crippen LogP contribution in [-0.2, 0) is 6.54 Å². The summed E-state index contributed by atoms with van der Waals surface area (Å²) in [7, 11) is 0. The van der Waals surface area contributed by atoms with Gasteiger partial charge in [0.05, 0.1) is 28.8 Å². The second-order valence-electron chi connectivity index (χ2n) is 6.63. The number of benzene rings is 2. The van der Waals surface area contributed by atoms with Crippen LogP contribution in [0.15, 0.2) is 64.9 Å². The minimum absolute atomic E-state index is 0.0732.